The van der Waals surface area contributed by atoms with Crippen LogP contribution in [0, 0.1) is 11.8 Å². The molecule has 1 aromatic carbocycles. The van der Waals surface area contributed by atoms with E-state index >= 15 is 0 Å². The molecule has 0 aliphatic carbocycles. The summed E-state index contributed by atoms with van der Waals surface area (Å²) in [6.45, 7) is 4.03. The van der Waals surface area contributed by atoms with Gasteiger partial charge in [0, 0.05) is 16.7 Å². The maximum Gasteiger partial charge on any atom is 0.319 e. The van der Waals surface area contributed by atoms with Gasteiger partial charge in [0.1, 0.15) is 0 Å². The molecule has 1 aromatic rings. The Labute approximate surface area is 126 Å². The minimum absolute atomic E-state index is 0.121. The summed E-state index contributed by atoms with van der Waals surface area (Å²) in [7, 11) is 0. The fourth-order valence-electron chi connectivity index (χ4n) is 1.76. The lowest BCUT2D eigenvalue weighted by atomic mass is 9.97. The third-order valence-electron chi connectivity index (χ3n) is 2.72. The number of amides is 2. The van der Waals surface area contributed by atoms with E-state index in [4.69, 9.17) is 5.11 Å². The Kier molecular flexibility index (Phi) is 6.51. The van der Waals surface area contributed by atoms with Gasteiger partial charge in [-0.25, -0.2) is 4.79 Å². The second-order valence-corrected chi connectivity index (χ2v) is 5.92. The Balaban J connectivity index is 2.45. The van der Waals surface area contributed by atoms with E-state index in [1.54, 1.807) is 12.1 Å². The third-order valence-corrected chi connectivity index (χ3v) is 3.24. The molecule has 0 saturated heterocycles. The average molecular weight is 343 g/mol. The second kappa shape index (κ2) is 7.89. The van der Waals surface area contributed by atoms with Crippen LogP contribution in [0.5, 0.6) is 0 Å². The first-order valence-corrected chi connectivity index (χ1v) is 7.21. The summed E-state index contributed by atoms with van der Waals surface area (Å²) in [6.07, 6.45) is 0.536. The first kappa shape index (κ1) is 16.5. The highest BCUT2D eigenvalue weighted by atomic mass is 79.9. The predicted molar refractivity (Wildman–Crippen MR) is 81.7 cm³/mol. The van der Waals surface area contributed by atoms with Crippen molar-refractivity contribution >= 4 is 33.6 Å². The summed E-state index contributed by atoms with van der Waals surface area (Å²) in [5.41, 5.74) is 0.654. The molecule has 0 spiro atoms. The van der Waals surface area contributed by atoms with Crippen LogP contribution in [0.4, 0.5) is 10.5 Å². The number of hydrogen-bond donors (Lipinski definition) is 3. The largest absolute Gasteiger partial charge is 0.481 e. The lowest BCUT2D eigenvalue weighted by Crippen LogP contribution is -2.36. The lowest BCUT2D eigenvalue weighted by Gasteiger charge is -2.15. The molecular weight excluding hydrogens is 324 g/mol. The number of hydrogen-bond acceptors (Lipinski definition) is 2. The minimum atomic E-state index is -0.886. The summed E-state index contributed by atoms with van der Waals surface area (Å²) in [5, 5.41) is 14.3. The Morgan fingerprint density at radius 1 is 1.25 bits per heavy atom. The van der Waals surface area contributed by atoms with Gasteiger partial charge in [0.25, 0.3) is 0 Å². The molecule has 5 nitrogen and oxygen atoms in total. The zero-order valence-electron chi connectivity index (χ0n) is 11.5. The molecule has 1 rings (SSSR count). The molecule has 0 aliphatic rings. The molecule has 3 N–H and O–H groups in total. The van der Waals surface area contributed by atoms with E-state index < -0.39 is 17.9 Å². The predicted octanol–water partition coefficient (Wildman–Crippen LogP) is 3.32. The van der Waals surface area contributed by atoms with Gasteiger partial charge in [-0.15, -0.1) is 0 Å². The van der Waals surface area contributed by atoms with Crippen LogP contribution in [0.2, 0.25) is 0 Å². The van der Waals surface area contributed by atoms with E-state index in [-0.39, 0.29) is 12.5 Å². The number of carboxylic acid groups (broad SMARTS) is 1. The van der Waals surface area contributed by atoms with Crippen molar-refractivity contribution in [2.75, 3.05) is 11.9 Å². The average Bonchev–Trinajstić information content (AvgIpc) is 2.36. The first-order valence-electron chi connectivity index (χ1n) is 6.41. The highest BCUT2D eigenvalue weighted by Crippen LogP contribution is 2.14. The van der Waals surface area contributed by atoms with Crippen LogP contribution in [-0.2, 0) is 4.79 Å². The summed E-state index contributed by atoms with van der Waals surface area (Å²) in [6, 6.07) is 6.74. The SMILES string of the molecule is CC(C)CC(CNC(=O)Nc1ccc(Br)cc1)C(=O)O. The number of anilines is 1. The van der Waals surface area contributed by atoms with Crippen molar-refractivity contribution in [2.45, 2.75) is 20.3 Å². The van der Waals surface area contributed by atoms with Crippen LogP contribution in [0.25, 0.3) is 0 Å². The molecule has 1 unspecified atom stereocenters. The molecule has 0 fully saturated rings. The van der Waals surface area contributed by atoms with Crippen LogP contribution in [0.3, 0.4) is 0 Å². The van der Waals surface area contributed by atoms with Gasteiger partial charge in [-0.1, -0.05) is 29.8 Å². The van der Waals surface area contributed by atoms with Crippen molar-refractivity contribution < 1.29 is 14.7 Å². The minimum Gasteiger partial charge on any atom is -0.481 e. The maximum atomic E-state index is 11.7. The number of urea groups is 1. The topological polar surface area (TPSA) is 78.4 Å². The maximum absolute atomic E-state index is 11.7. The number of aliphatic carboxylic acids is 1. The first-order chi connectivity index (χ1) is 9.38. The normalized spacial score (nSPS) is 12.0. The van der Waals surface area contributed by atoms with E-state index in [1.807, 2.05) is 26.0 Å². The number of rotatable bonds is 6. The molecule has 6 heteroatoms. The van der Waals surface area contributed by atoms with Crippen molar-refractivity contribution in [2.24, 2.45) is 11.8 Å². The summed E-state index contributed by atoms with van der Waals surface area (Å²) < 4.78 is 0.923. The van der Waals surface area contributed by atoms with Crippen LogP contribution >= 0.6 is 15.9 Å². The summed E-state index contributed by atoms with van der Waals surface area (Å²) in [5.74, 6) is -1.18. The molecule has 0 aliphatic heterocycles. The van der Waals surface area contributed by atoms with Gasteiger partial charge >= 0.3 is 12.0 Å². The Morgan fingerprint density at radius 3 is 2.35 bits per heavy atom. The molecule has 1 atom stereocenters. The smallest absolute Gasteiger partial charge is 0.319 e. The molecule has 110 valence electrons. The van der Waals surface area contributed by atoms with Gasteiger partial charge in [0.2, 0.25) is 0 Å². The highest BCUT2D eigenvalue weighted by Gasteiger charge is 2.19. The van der Waals surface area contributed by atoms with Gasteiger partial charge in [0.15, 0.2) is 0 Å². The van der Waals surface area contributed by atoms with Gasteiger partial charge in [-0.2, -0.15) is 0 Å². The fraction of sp³-hybridized carbons (Fsp3) is 0.429. The molecular formula is C14H19BrN2O3. The number of nitrogens with one attached hydrogen (secondary N) is 2. The molecule has 0 bridgehead atoms. The third kappa shape index (κ3) is 6.06. The van der Waals surface area contributed by atoms with Crippen molar-refractivity contribution in [3.8, 4) is 0 Å². The molecule has 0 saturated carbocycles. The quantitative estimate of drug-likeness (QED) is 0.741. The van der Waals surface area contributed by atoms with Crippen LogP contribution in [0.1, 0.15) is 20.3 Å². The van der Waals surface area contributed by atoms with Gasteiger partial charge < -0.3 is 15.7 Å². The van der Waals surface area contributed by atoms with Crippen molar-refractivity contribution in [3.63, 3.8) is 0 Å². The van der Waals surface area contributed by atoms with Gasteiger partial charge in [-0.3, -0.25) is 4.79 Å². The van der Waals surface area contributed by atoms with Crippen molar-refractivity contribution in [1.29, 1.82) is 0 Å². The van der Waals surface area contributed by atoms with Crippen LogP contribution in [-0.4, -0.2) is 23.7 Å². The van der Waals surface area contributed by atoms with Crippen molar-refractivity contribution in [1.82, 2.24) is 5.32 Å². The molecule has 0 radical (unpaired) electrons. The zero-order valence-corrected chi connectivity index (χ0v) is 13.1. The Hall–Kier alpha value is -1.56. The van der Waals surface area contributed by atoms with E-state index in [1.165, 1.54) is 0 Å². The van der Waals surface area contributed by atoms with E-state index in [2.05, 4.69) is 26.6 Å². The highest BCUT2D eigenvalue weighted by molar-refractivity contribution is 9.10. The number of carbonyl (C=O) groups excluding carboxylic acids is 1. The number of carbonyl (C=O) groups is 2. The number of halogens is 1. The fourth-order valence-corrected chi connectivity index (χ4v) is 2.03. The zero-order chi connectivity index (χ0) is 15.1. The molecule has 0 heterocycles. The van der Waals surface area contributed by atoms with Crippen molar-refractivity contribution in [3.05, 3.63) is 28.7 Å². The van der Waals surface area contributed by atoms with Crippen LogP contribution in [0.15, 0.2) is 28.7 Å². The number of carboxylic acids is 1. The Bertz CT molecular complexity index is 460. The molecule has 0 aromatic heterocycles. The lowest BCUT2D eigenvalue weighted by molar-refractivity contribution is -0.142. The van der Waals surface area contributed by atoms with E-state index in [0.717, 1.165) is 4.47 Å². The summed E-state index contributed by atoms with van der Waals surface area (Å²) in [4.78, 5) is 22.7. The van der Waals surface area contributed by atoms with E-state index in [9.17, 15) is 9.59 Å². The standard InChI is InChI=1S/C14H19BrN2O3/c1-9(2)7-10(13(18)19)8-16-14(20)17-12-5-3-11(15)4-6-12/h3-6,9-10H,7-8H2,1-2H3,(H,18,19)(H2,16,17,20). The molecule has 20 heavy (non-hydrogen) atoms. The number of benzene rings is 1. The van der Waals surface area contributed by atoms with Gasteiger partial charge in [-0.05, 0) is 36.6 Å². The van der Waals surface area contributed by atoms with Crippen LogP contribution < -0.4 is 10.6 Å². The van der Waals surface area contributed by atoms with E-state index in [0.29, 0.717) is 12.1 Å². The second-order valence-electron chi connectivity index (χ2n) is 5.01. The Morgan fingerprint density at radius 2 is 1.85 bits per heavy atom. The molecule has 2 amide bonds. The van der Waals surface area contributed by atoms with Gasteiger partial charge in [0.05, 0.1) is 5.92 Å². The monoisotopic (exact) mass is 342 g/mol. The summed E-state index contributed by atoms with van der Waals surface area (Å²) >= 11 is 3.31.